The van der Waals surface area contributed by atoms with Crippen LogP contribution in [0.25, 0.3) is 0 Å². The number of anilines is 1. The molecule has 1 aromatic carbocycles. The summed E-state index contributed by atoms with van der Waals surface area (Å²) in [6.07, 6.45) is 7.24. The minimum Gasteiger partial charge on any atom is -0.468 e. The number of carbonyl (C=O) groups excluding carboxylic acids is 1. The van der Waals surface area contributed by atoms with Crippen molar-refractivity contribution in [2.75, 3.05) is 5.32 Å². The molecule has 0 saturated carbocycles. The number of carbonyl (C=O) groups is 1. The van der Waals surface area contributed by atoms with Gasteiger partial charge in [-0.2, -0.15) is 0 Å². The zero-order chi connectivity index (χ0) is 19.1. The molecular formula is C22H31NO2S. The molecule has 1 unspecified atom stereocenters. The molecule has 3 nitrogen and oxygen atoms in total. The van der Waals surface area contributed by atoms with Gasteiger partial charge in [-0.3, -0.25) is 4.79 Å². The Kier molecular flexibility index (Phi) is 7.83. The molecule has 0 fully saturated rings. The zero-order valence-electron chi connectivity index (χ0n) is 16.6. The summed E-state index contributed by atoms with van der Waals surface area (Å²) in [5.74, 6) is 0.964. The molecule has 4 heteroatoms. The maximum Gasteiger partial charge on any atom is 0.237 e. The summed E-state index contributed by atoms with van der Waals surface area (Å²) in [7, 11) is 0. The average molecular weight is 374 g/mol. The molecule has 0 saturated heterocycles. The first-order valence-corrected chi connectivity index (χ1v) is 10.4. The summed E-state index contributed by atoms with van der Waals surface area (Å²) < 4.78 is 5.41. The van der Waals surface area contributed by atoms with Crippen LogP contribution in [0, 0.1) is 27.7 Å². The maximum atomic E-state index is 13.0. The largest absolute Gasteiger partial charge is 0.468 e. The highest BCUT2D eigenvalue weighted by molar-refractivity contribution is 8.00. The third-order valence-corrected chi connectivity index (χ3v) is 6.03. The summed E-state index contributed by atoms with van der Waals surface area (Å²) in [6.45, 7) is 10.3. The number of rotatable bonds is 9. The smallest absolute Gasteiger partial charge is 0.237 e. The van der Waals surface area contributed by atoms with Crippen molar-refractivity contribution in [1.82, 2.24) is 0 Å². The Morgan fingerprint density at radius 3 is 2.38 bits per heavy atom. The standard InChI is InChI=1S/C22H31NO2S/c1-6-7-8-9-10-20(26-19-11-12-25-18(19)5)22(24)23-21-16(3)13-15(2)14-17(21)4/h11-14,20H,6-10H2,1-5H3,(H,23,24). The molecule has 2 aromatic rings. The molecule has 0 bridgehead atoms. The quantitative estimate of drug-likeness (QED) is 0.398. The van der Waals surface area contributed by atoms with E-state index in [0.29, 0.717) is 0 Å². The van der Waals surface area contributed by atoms with Gasteiger partial charge in [0.25, 0.3) is 0 Å². The predicted octanol–water partition coefficient (Wildman–Crippen LogP) is 6.58. The molecule has 1 N–H and O–H groups in total. The Morgan fingerprint density at radius 1 is 1.12 bits per heavy atom. The van der Waals surface area contributed by atoms with Crippen molar-refractivity contribution < 1.29 is 9.21 Å². The minimum atomic E-state index is -0.108. The molecule has 2 rings (SSSR count). The number of amides is 1. The van der Waals surface area contributed by atoms with Gasteiger partial charge in [-0.15, -0.1) is 11.8 Å². The Hall–Kier alpha value is -1.68. The predicted molar refractivity (Wildman–Crippen MR) is 111 cm³/mol. The van der Waals surface area contributed by atoms with Gasteiger partial charge in [0.15, 0.2) is 0 Å². The first kappa shape index (κ1) is 20.6. The van der Waals surface area contributed by atoms with Gasteiger partial charge in [0.2, 0.25) is 5.91 Å². The van der Waals surface area contributed by atoms with Crippen LogP contribution in [0.1, 0.15) is 61.5 Å². The normalized spacial score (nSPS) is 12.2. The van der Waals surface area contributed by atoms with Crippen LogP contribution < -0.4 is 5.32 Å². The molecule has 142 valence electrons. The fourth-order valence-corrected chi connectivity index (χ4v) is 4.33. The van der Waals surface area contributed by atoms with Crippen molar-refractivity contribution in [3.63, 3.8) is 0 Å². The second kappa shape index (κ2) is 9.86. The number of hydrogen-bond acceptors (Lipinski definition) is 3. The molecule has 26 heavy (non-hydrogen) atoms. The molecule has 0 aliphatic heterocycles. The average Bonchev–Trinajstić information content (AvgIpc) is 2.98. The first-order chi connectivity index (χ1) is 12.4. The van der Waals surface area contributed by atoms with E-state index in [0.717, 1.165) is 40.3 Å². The molecule has 1 heterocycles. The second-order valence-electron chi connectivity index (χ2n) is 7.06. The molecule has 1 atom stereocenters. The highest BCUT2D eigenvalue weighted by Crippen LogP contribution is 2.32. The molecule has 0 radical (unpaired) electrons. The van der Waals surface area contributed by atoms with E-state index in [1.807, 2.05) is 13.0 Å². The van der Waals surface area contributed by atoms with Gasteiger partial charge in [0, 0.05) is 10.6 Å². The fraction of sp³-hybridized carbons (Fsp3) is 0.500. The van der Waals surface area contributed by atoms with Crippen LogP contribution >= 0.6 is 11.8 Å². The number of nitrogens with one attached hydrogen (secondary N) is 1. The van der Waals surface area contributed by atoms with Crippen molar-refractivity contribution in [3.8, 4) is 0 Å². The Morgan fingerprint density at radius 2 is 1.81 bits per heavy atom. The summed E-state index contributed by atoms with van der Waals surface area (Å²) >= 11 is 1.62. The van der Waals surface area contributed by atoms with E-state index in [1.165, 1.54) is 24.8 Å². The van der Waals surface area contributed by atoms with Crippen LogP contribution in [0.2, 0.25) is 0 Å². The lowest BCUT2D eigenvalue weighted by molar-refractivity contribution is -0.115. The second-order valence-corrected chi connectivity index (χ2v) is 8.30. The van der Waals surface area contributed by atoms with Crippen LogP contribution in [0.5, 0.6) is 0 Å². The highest BCUT2D eigenvalue weighted by Gasteiger charge is 2.22. The van der Waals surface area contributed by atoms with Crippen molar-refractivity contribution in [2.45, 2.75) is 76.9 Å². The number of aryl methyl sites for hydroxylation is 4. The minimum absolute atomic E-state index is 0.0853. The monoisotopic (exact) mass is 373 g/mol. The van der Waals surface area contributed by atoms with Gasteiger partial charge in [0.1, 0.15) is 5.76 Å². The topological polar surface area (TPSA) is 42.2 Å². The molecule has 0 aliphatic rings. The van der Waals surface area contributed by atoms with E-state index in [-0.39, 0.29) is 11.2 Å². The van der Waals surface area contributed by atoms with Gasteiger partial charge >= 0.3 is 0 Å². The van der Waals surface area contributed by atoms with Gasteiger partial charge < -0.3 is 9.73 Å². The van der Waals surface area contributed by atoms with E-state index < -0.39 is 0 Å². The number of furan rings is 1. The van der Waals surface area contributed by atoms with E-state index >= 15 is 0 Å². The van der Waals surface area contributed by atoms with Crippen molar-refractivity contribution >= 4 is 23.4 Å². The molecule has 1 amide bonds. The van der Waals surface area contributed by atoms with Gasteiger partial charge in [-0.25, -0.2) is 0 Å². The molecule has 0 spiro atoms. The van der Waals surface area contributed by atoms with Crippen LogP contribution in [0.4, 0.5) is 5.69 Å². The van der Waals surface area contributed by atoms with E-state index in [4.69, 9.17) is 4.42 Å². The van der Waals surface area contributed by atoms with Crippen molar-refractivity contribution in [1.29, 1.82) is 0 Å². The zero-order valence-corrected chi connectivity index (χ0v) is 17.5. The van der Waals surface area contributed by atoms with Gasteiger partial charge in [-0.05, 0) is 51.3 Å². The van der Waals surface area contributed by atoms with Crippen molar-refractivity contribution in [3.05, 3.63) is 46.9 Å². The summed E-state index contributed by atoms with van der Waals surface area (Å²) in [6, 6.07) is 6.19. The maximum absolute atomic E-state index is 13.0. The highest BCUT2D eigenvalue weighted by atomic mass is 32.2. The van der Waals surface area contributed by atoms with Crippen LogP contribution in [0.3, 0.4) is 0 Å². The summed E-state index contributed by atoms with van der Waals surface area (Å²) in [5, 5.41) is 3.08. The first-order valence-electron chi connectivity index (χ1n) is 9.51. The Bertz CT molecular complexity index is 712. The third-order valence-electron chi connectivity index (χ3n) is 4.62. The lowest BCUT2D eigenvalue weighted by Gasteiger charge is -2.19. The van der Waals surface area contributed by atoms with Gasteiger partial charge in [0.05, 0.1) is 11.5 Å². The van der Waals surface area contributed by atoms with E-state index in [9.17, 15) is 4.79 Å². The Labute approximate surface area is 161 Å². The van der Waals surface area contributed by atoms with Crippen LogP contribution in [0.15, 0.2) is 33.8 Å². The van der Waals surface area contributed by atoms with E-state index in [2.05, 4.69) is 45.1 Å². The van der Waals surface area contributed by atoms with E-state index in [1.54, 1.807) is 18.0 Å². The Balaban J connectivity index is 2.12. The molecule has 0 aliphatic carbocycles. The molecule has 1 aromatic heterocycles. The number of thioether (sulfide) groups is 1. The third kappa shape index (κ3) is 5.66. The van der Waals surface area contributed by atoms with Crippen LogP contribution in [-0.4, -0.2) is 11.2 Å². The van der Waals surface area contributed by atoms with Crippen molar-refractivity contribution in [2.24, 2.45) is 0 Å². The molecular weight excluding hydrogens is 342 g/mol. The number of benzene rings is 1. The van der Waals surface area contributed by atoms with Crippen LogP contribution in [-0.2, 0) is 4.79 Å². The summed E-state index contributed by atoms with van der Waals surface area (Å²) in [5.41, 5.74) is 4.40. The number of hydrogen-bond donors (Lipinski definition) is 1. The fourth-order valence-electron chi connectivity index (χ4n) is 3.23. The SMILES string of the molecule is CCCCCCC(Sc1ccoc1C)C(=O)Nc1c(C)cc(C)cc1C. The number of unbranched alkanes of at least 4 members (excludes halogenated alkanes) is 3. The summed E-state index contributed by atoms with van der Waals surface area (Å²) in [4.78, 5) is 14.1. The lowest BCUT2D eigenvalue weighted by atomic mass is 10.0. The lowest BCUT2D eigenvalue weighted by Crippen LogP contribution is -2.26. The van der Waals surface area contributed by atoms with Gasteiger partial charge in [-0.1, -0.05) is 50.3 Å².